The van der Waals surface area contributed by atoms with Crippen LogP contribution in [0.4, 0.5) is 23.1 Å². The standard InChI is InChI=1S/C28H39N7O/c1-19(2)33-12-14-34(15-13-33)24-9-8-22(16-20(24)3)31-27-30-18-21-17-28(10-11-29-26(28)36)35(25(21)32-27)23-6-4-5-7-23/h8-9,16,18-19,23H,4-7,10-15,17H2,1-3H3,(H,29,36)(H,30,31,32)/t28-/m1/s1. The van der Waals surface area contributed by atoms with Gasteiger partial charge < -0.3 is 20.4 Å². The fourth-order valence-corrected chi connectivity index (χ4v) is 6.83. The van der Waals surface area contributed by atoms with Crippen LogP contribution in [0.2, 0.25) is 0 Å². The molecule has 6 rings (SSSR count). The van der Waals surface area contributed by atoms with E-state index < -0.39 is 5.54 Å². The fourth-order valence-electron chi connectivity index (χ4n) is 6.83. The second-order valence-electron chi connectivity index (χ2n) is 11.3. The number of piperazine rings is 1. The summed E-state index contributed by atoms with van der Waals surface area (Å²) in [5.41, 5.74) is 4.17. The lowest BCUT2D eigenvalue weighted by Crippen LogP contribution is -2.56. The summed E-state index contributed by atoms with van der Waals surface area (Å²) in [4.78, 5) is 30.1. The molecular weight excluding hydrogens is 450 g/mol. The Morgan fingerprint density at radius 3 is 2.58 bits per heavy atom. The number of aryl methyl sites for hydroxylation is 1. The molecule has 2 saturated heterocycles. The molecule has 1 aromatic heterocycles. The molecule has 0 unspecified atom stereocenters. The van der Waals surface area contributed by atoms with Gasteiger partial charge in [-0.2, -0.15) is 4.98 Å². The van der Waals surface area contributed by atoms with Crippen molar-refractivity contribution in [2.75, 3.05) is 47.8 Å². The van der Waals surface area contributed by atoms with Gasteiger partial charge in [0.15, 0.2) is 0 Å². The van der Waals surface area contributed by atoms with Gasteiger partial charge in [-0.1, -0.05) is 12.8 Å². The summed E-state index contributed by atoms with van der Waals surface area (Å²) < 4.78 is 0. The number of carbonyl (C=O) groups excluding carboxylic acids is 1. The fraction of sp³-hybridized carbons (Fsp3) is 0.607. The van der Waals surface area contributed by atoms with Gasteiger partial charge in [0.2, 0.25) is 11.9 Å². The van der Waals surface area contributed by atoms with Crippen LogP contribution in [-0.2, 0) is 11.2 Å². The van der Waals surface area contributed by atoms with Crippen molar-refractivity contribution in [1.82, 2.24) is 20.2 Å². The van der Waals surface area contributed by atoms with E-state index in [0.717, 1.165) is 69.1 Å². The number of hydrogen-bond donors (Lipinski definition) is 2. The highest BCUT2D eigenvalue weighted by molar-refractivity contribution is 5.94. The Balaban J connectivity index is 1.22. The summed E-state index contributed by atoms with van der Waals surface area (Å²) in [5.74, 6) is 1.71. The Hall–Kier alpha value is -2.87. The summed E-state index contributed by atoms with van der Waals surface area (Å²) in [7, 11) is 0. The van der Waals surface area contributed by atoms with Crippen LogP contribution in [0, 0.1) is 6.92 Å². The summed E-state index contributed by atoms with van der Waals surface area (Å²) >= 11 is 0. The monoisotopic (exact) mass is 489 g/mol. The molecule has 1 aliphatic carbocycles. The molecule has 3 aliphatic heterocycles. The molecule has 1 aromatic carbocycles. The third-order valence-corrected chi connectivity index (χ3v) is 8.79. The molecule has 4 heterocycles. The number of anilines is 4. The quantitative estimate of drug-likeness (QED) is 0.664. The van der Waals surface area contributed by atoms with Gasteiger partial charge in [0.1, 0.15) is 11.4 Å². The van der Waals surface area contributed by atoms with Gasteiger partial charge in [-0.3, -0.25) is 9.69 Å². The number of aromatic nitrogens is 2. The first-order chi connectivity index (χ1) is 17.4. The topological polar surface area (TPSA) is 76.6 Å². The van der Waals surface area contributed by atoms with Gasteiger partial charge in [0.25, 0.3) is 0 Å². The summed E-state index contributed by atoms with van der Waals surface area (Å²) in [5, 5.41) is 6.54. The van der Waals surface area contributed by atoms with Crippen molar-refractivity contribution in [3.05, 3.63) is 35.5 Å². The molecule has 2 N–H and O–H groups in total. The van der Waals surface area contributed by atoms with E-state index in [2.05, 4.69) is 69.3 Å². The third kappa shape index (κ3) is 3.99. The lowest BCUT2D eigenvalue weighted by Gasteiger charge is -2.38. The van der Waals surface area contributed by atoms with Crippen molar-refractivity contribution in [2.45, 2.75) is 76.9 Å². The van der Waals surface area contributed by atoms with Gasteiger partial charge in [-0.15, -0.1) is 0 Å². The molecule has 8 heteroatoms. The Labute approximate surface area is 214 Å². The predicted octanol–water partition coefficient (Wildman–Crippen LogP) is 3.62. The van der Waals surface area contributed by atoms with Gasteiger partial charge >= 0.3 is 0 Å². The lowest BCUT2D eigenvalue weighted by molar-refractivity contribution is -0.123. The summed E-state index contributed by atoms with van der Waals surface area (Å²) in [6.45, 7) is 11.8. The zero-order valence-corrected chi connectivity index (χ0v) is 21.9. The van der Waals surface area contributed by atoms with Crippen molar-refractivity contribution in [1.29, 1.82) is 0 Å². The average Bonchev–Trinajstić information content (AvgIpc) is 3.59. The molecule has 1 saturated carbocycles. The van der Waals surface area contributed by atoms with Gasteiger partial charge in [0.05, 0.1) is 0 Å². The van der Waals surface area contributed by atoms with Crippen molar-refractivity contribution in [3.8, 4) is 0 Å². The molecular formula is C28H39N7O. The normalized spacial score (nSPS) is 24.7. The van der Waals surface area contributed by atoms with Gasteiger partial charge in [-0.05, 0) is 63.8 Å². The first-order valence-corrected chi connectivity index (χ1v) is 13.7. The Morgan fingerprint density at radius 1 is 1.14 bits per heavy atom. The van der Waals surface area contributed by atoms with Crippen LogP contribution in [-0.4, -0.2) is 71.1 Å². The summed E-state index contributed by atoms with van der Waals surface area (Å²) in [6, 6.07) is 7.54. The predicted molar refractivity (Wildman–Crippen MR) is 144 cm³/mol. The Morgan fingerprint density at radius 2 is 1.92 bits per heavy atom. The van der Waals surface area contributed by atoms with Crippen LogP contribution < -0.4 is 20.4 Å². The number of benzene rings is 1. The van der Waals surface area contributed by atoms with E-state index in [9.17, 15) is 4.79 Å². The molecule has 3 fully saturated rings. The van der Waals surface area contributed by atoms with Crippen LogP contribution in [0.25, 0.3) is 0 Å². The highest BCUT2D eigenvalue weighted by atomic mass is 16.2. The highest BCUT2D eigenvalue weighted by Gasteiger charge is 2.55. The van der Waals surface area contributed by atoms with E-state index in [-0.39, 0.29) is 5.91 Å². The van der Waals surface area contributed by atoms with Crippen molar-refractivity contribution in [3.63, 3.8) is 0 Å². The largest absolute Gasteiger partial charge is 0.369 e. The third-order valence-electron chi connectivity index (χ3n) is 8.79. The minimum Gasteiger partial charge on any atom is -0.369 e. The van der Waals surface area contributed by atoms with Crippen molar-refractivity contribution in [2.24, 2.45) is 0 Å². The molecule has 36 heavy (non-hydrogen) atoms. The number of carbonyl (C=O) groups is 1. The number of amides is 1. The molecule has 1 amide bonds. The maximum atomic E-state index is 13.0. The van der Waals surface area contributed by atoms with Gasteiger partial charge in [0, 0.05) is 74.4 Å². The molecule has 0 radical (unpaired) electrons. The van der Waals surface area contributed by atoms with E-state index in [0.29, 0.717) is 24.5 Å². The van der Waals surface area contributed by atoms with Crippen LogP contribution in [0.3, 0.4) is 0 Å². The first kappa shape index (κ1) is 23.5. The Kier molecular flexibility index (Phi) is 6.02. The lowest BCUT2D eigenvalue weighted by atomic mass is 9.91. The molecule has 1 spiro atoms. The number of fused-ring (bicyclic) bond motifs is 1. The molecule has 192 valence electrons. The average molecular weight is 490 g/mol. The van der Waals surface area contributed by atoms with Crippen molar-refractivity contribution >= 4 is 29.0 Å². The van der Waals surface area contributed by atoms with E-state index >= 15 is 0 Å². The second-order valence-corrected chi connectivity index (χ2v) is 11.3. The van der Waals surface area contributed by atoms with E-state index in [1.807, 2.05) is 6.20 Å². The van der Waals surface area contributed by atoms with Crippen LogP contribution in [0.15, 0.2) is 24.4 Å². The maximum Gasteiger partial charge on any atom is 0.246 e. The smallest absolute Gasteiger partial charge is 0.246 e. The minimum absolute atomic E-state index is 0.155. The first-order valence-electron chi connectivity index (χ1n) is 13.7. The molecule has 0 bridgehead atoms. The van der Waals surface area contributed by atoms with E-state index in [1.54, 1.807) is 0 Å². The van der Waals surface area contributed by atoms with Crippen LogP contribution in [0.1, 0.15) is 57.1 Å². The zero-order chi connectivity index (χ0) is 24.9. The number of rotatable bonds is 5. The highest BCUT2D eigenvalue weighted by Crippen LogP contribution is 2.46. The number of nitrogens with one attached hydrogen (secondary N) is 2. The molecule has 8 nitrogen and oxygen atoms in total. The zero-order valence-electron chi connectivity index (χ0n) is 21.9. The maximum absolute atomic E-state index is 13.0. The van der Waals surface area contributed by atoms with E-state index in [1.165, 1.54) is 24.1 Å². The van der Waals surface area contributed by atoms with Crippen LogP contribution in [0.5, 0.6) is 0 Å². The molecule has 1 atom stereocenters. The molecule has 4 aliphatic rings. The number of hydrogen-bond acceptors (Lipinski definition) is 7. The molecule has 2 aromatic rings. The SMILES string of the molecule is Cc1cc(Nc2ncc3c(n2)N(C2CCCC2)[C@]2(CCNC2=O)C3)ccc1N1CCN(C(C)C)CC1. The summed E-state index contributed by atoms with van der Waals surface area (Å²) in [6.07, 6.45) is 8.20. The van der Waals surface area contributed by atoms with Crippen molar-refractivity contribution < 1.29 is 4.79 Å². The van der Waals surface area contributed by atoms with Gasteiger partial charge in [-0.25, -0.2) is 4.98 Å². The second kappa shape index (κ2) is 9.21. The minimum atomic E-state index is -0.484. The van der Waals surface area contributed by atoms with E-state index in [4.69, 9.17) is 4.98 Å². The number of nitrogens with zero attached hydrogens (tertiary/aromatic N) is 5. The Bertz CT molecular complexity index is 1140. The van der Waals surface area contributed by atoms with Crippen LogP contribution >= 0.6 is 0 Å².